The summed E-state index contributed by atoms with van der Waals surface area (Å²) in [6.07, 6.45) is 1.77. The molecule has 8 nitrogen and oxygen atoms in total. The minimum Gasteiger partial charge on any atom is -0.376 e. The molecule has 1 unspecified atom stereocenters. The Morgan fingerprint density at radius 2 is 2.26 bits per heavy atom. The van der Waals surface area contributed by atoms with Gasteiger partial charge >= 0.3 is 0 Å². The summed E-state index contributed by atoms with van der Waals surface area (Å²) >= 11 is 1.17. The summed E-state index contributed by atoms with van der Waals surface area (Å²) in [7, 11) is 0. The van der Waals surface area contributed by atoms with E-state index in [1.165, 1.54) is 30.0 Å². The molecule has 1 aliphatic heterocycles. The van der Waals surface area contributed by atoms with E-state index in [9.17, 15) is 14.0 Å². The molecule has 31 heavy (non-hydrogen) atoms. The summed E-state index contributed by atoms with van der Waals surface area (Å²) in [5.74, 6) is -0.706. The molecule has 0 saturated carbocycles. The Labute approximate surface area is 182 Å². The molecule has 1 amide bonds. The zero-order valence-electron chi connectivity index (χ0n) is 17.4. The molecule has 1 aliphatic rings. The third-order valence-corrected chi connectivity index (χ3v) is 6.11. The monoisotopic (exact) mass is 445 g/mol. The number of nitrogens with one attached hydrogen (secondary N) is 1. The summed E-state index contributed by atoms with van der Waals surface area (Å²) < 4.78 is 22.3. The molecule has 10 heteroatoms. The number of fused-ring (bicyclic) bond motifs is 1. The Morgan fingerprint density at radius 3 is 2.97 bits per heavy atom. The van der Waals surface area contributed by atoms with Crippen molar-refractivity contribution in [3.63, 3.8) is 0 Å². The number of thioether (sulfide) groups is 1. The highest BCUT2D eigenvalue weighted by atomic mass is 32.2. The van der Waals surface area contributed by atoms with Crippen LogP contribution in [-0.4, -0.2) is 43.7 Å². The van der Waals surface area contributed by atoms with Gasteiger partial charge in [0.25, 0.3) is 5.56 Å². The first-order chi connectivity index (χ1) is 15.0. The van der Waals surface area contributed by atoms with Crippen molar-refractivity contribution in [2.24, 2.45) is 0 Å². The number of anilines is 1. The molecule has 0 spiro atoms. The minimum atomic E-state index is -0.425. The van der Waals surface area contributed by atoms with Crippen molar-refractivity contribution in [1.29, 1.82) is 0 Å². The lowest BCUT2D eigenvalue weighted by atomic mass is 10.2. The third-order valence-electron chi connectivity index (χ3n) is 5.13. The van der Waals surface area contributed by atoms with Gasteiger partial charge in [0.15, 0.2) is 10.7 Å². The molecule has 164 valence electrons. The largest absolute Gasteiger partial charge is 0.376 e. The topological polar surface area (TPSA) is 91.0 Å². The predicted octanol–water partition coefficient (Wildman–Crippen LogP) is 2.97. The number of aryl methyl sites for hydroxylation is 2. The lowest BCUT2D eigenvalue weighted by Gasteiger charge is -2.16. The van der Waals surface area contributed by atoms with E-state index < -0.39 is 5.82 Å². The maximum atomic E-state index is 13.4. The van der Waals surface area contributed by atoms with Crippen molar-refractivity contribution in [3.05, 3.63) is 46.1 Å². The zero-order chi connectivity index (χ0) is 22.0. The Kier molecular flexibility index (Phi) is 6.38. The van der Waals surface area contributed by atoms with Crippen LogP contribution in [0.25, 0.3) is 11.0 Å². The summed E-state index contributed by atoms with van der Waals surface area (Å²) in [5, 5.41) is 7.54. The van der Waals surface area contributed by atoms with Crippen LogP contribution in [0.5, 0.6) is 0 Å². The van der Waals surface area contributed by atoms with Crippen LogP contribution in [0.4, 0.5) is 10.1 Å². The second kappa shape index (κ2) is 9.19. The van der Waals surface area contributed by atoms with Gasteiger partial charge in [-0.3, -0.25) is 18.8 Å². The lowest BCUT2D eigenvalue weighted by molar-refractivity contribution is -0.113. The van der Waals surface area contributed by atoms with Crippen LogP contribution in [0.1, 0.15) is 25.5 Å². The first-order valence-electron chi connectivity index (χ1n) is 10.2. The van der Waals surface area contributed by atoms with Gasteiger partial charge in [0.1, 0.15) is 11.3 Å². The van der Waals surface area contributed by atoms with Crippen LogP contribution in [-0.2, 0) is 22.6 Å². The molecular weight excluding hydrogens is 421 g/mol. The Balaban J connectivity index is 1.62. The van der Waals surface area contributed by atoms with E-state index in [1.54, 1.807) is 15.3 Å². The number of hydrogen-bond acceptors (Lipinski definition) is 6. The highest BCUT2D eigenvalue weighted by Crippen LogP contribution is 2.23. The standard InChI is InChI=1S/C21H24FN5O3S/c1-3-27-19-18(13(2)25-27)24-21(26(20(19)29)11-16-8-5-9-30-16)31-12-17(28)23-15-7-4-6-14(22)10-15/h4,6-7,10,16H,3,5,8-9,11-12H2,1-2H3,(H,23,28). The van der Waals surface area contributed by atoms with E-state index in [1.807, 2.05) is 13.8 Å². The highest BCUT2D eigenvalue weighted by Gasteiger charge is 2.23. The second-order valence-electron chi connectivity index (χ2n) is 7.39. The van der Waals surface area contributed by atoms with Gasteiger partial charge in [-0.15, -0.1) is 0 Å². The number of carbonyl (C=O) groups is 1. The number of carbonyl (C=O) groups excluding carboxylic acids is 1. The van der Waals surface area contributed by atoms with Gasteiger partial charge < -0.3 is 10.1 Å². The first-order valence-corrected chi connectivity index (χ1v) is 11.2. The molecule has 3 heterocycles. The van der Waals surface area contributed by atoms with Gasteiger partial charge in [-0.25, -0.2) is 9.37 Å². The summed E-state index contributed by atoms with van der Waals surface area (Å²) in [6.45, 7) is 5.36. The number of benzene rings is 1. The average Bonchev–Trinajstić information content (AvgIpc) is 3.36. The van der Waals surface area contributed by atoms with E-state index in [0.717, 1.165) is 12.8 Å². The van der Waals surface area contributed by atoms with Crippen LogP contribution in [0.2, 0.25) is 0 Å². The smallest absolute Gasteiger partial charge is 0.280 e. The van der Waals surface area contributed by atoms with Crippen molar-refractivity contribution < 1.29 is 13.9 Å². The average molecular weight is 446 g/mol. The van der Waals surface area contributed by atoms with E-state index in [0.29, 0.717) is 47.3 Å². The normalized spacial score (nSPS) is 16.2. The van der Waals surface area contributed by atoms with Gasteiger partial charge in [0.05, 0.1) is 24.1 Å². The molecule has 1 saturated heterocycles. The van der Waals surface area contributed by atoms with Crippen LogP contribution >= 0.6 is 11.8 Å². The lowest BCUT2D eigenvalue weighted by Crippen LogP contribution is -2.30. The number of nitrogens with zero attached hydrogens (tertiary/aromatic N) is 4. The maximum Gasteiger partial charge on any atom is 0.280 e. The molecule has 0 bridgehead atoms. The van der Waals surface area contributed by atoms with Gasteiger partial charge in [0.2, 0.25) is 5.91 Å². The van der Waals surface area contributed by atoms with Crippen molar-refractivity contribution >= 4 is 34.4 Å². The number of amides is 1. The number of halogens is 1. The quantitative estimate of drug-likeness (QED) is 0.444. The maximum absolute atomic E-state index is 13.4. The first kappa shape index (κ1) is 21.5. The Bertz CT molecular complexity index is 1170. The molecule has 0 aliphatic carbocycles. The molecule has 0 radical (unpaired) electrons. The summed E-state index contributed by atoms with van der Waals surface area (Å²) in [4.78, 5) is 30.4. The summed E-state index contributed by atoms with van der Waals surface area (Å²) in [6, 6.07) is 5.71. The van der Waals surface area contributed by atoms with E-state index in [-0.39, 0.29) is 23.3 Å². The number of aromatic nitrogens is 4. The predicted molar refractivity (Wildman–Crippen MR) is 117 cm³/mol. The Hall–Kier alpha value is -2.72. The highest BCUT2D eigenvalue weighted by molar-refractivity contribution is 7.99. The van der Waals surface area contributed by atoms with Gasteiger partial charge in [-0.05, 0) is 44.9 Å². The molecule has 4 rings (SSSR count). The molecule has 1 atom stereocenters. The second-order valence-corrected chi connectivity index (χ2v) is 8.33. The number of hydrogen-bond donors (Lipinski definition) is 1. The zero-order valence-corrected chi connectivity index (χ0v) is 18.2. The molecule has 2 aromatic heterocycles. The summed E-state index contributed by atoms with van der Waals surface area (Å²) in [5.41, 5.74) is 1.88. The fraction of sp³-hybridized carbons (Fsp3) is 0.429. The van der Waals surface area contributed by atoms with Gasteiger partial charge in [-0.1, -0.05) is 17.8 Å². The third kappa shape index (κ3) is 4.64. The van der Waals surface area contributed by atoms with Gasteiger partial charge in [0, 0.05) is 18.8 Å². The van der Waals surface area contributed by atoms with Crippen LogP contribution in [0.3, 0.4) is 0 Å². The molecular formula is C21H24FN5O3S. The van der Waals surface area contributed by atoms with Crippen LogP contribution in [0, 0.1) is 12.7 Å². The van der Waals surface area contributed by atoms with Crippen molar-refractivity contribution in [1.82, 2.24) is 19.3 Å². The van der Waals surface area contributed by atoms with Crippen molar-refractivity contribution in [2.75, 3.05) is 17.7 Å². The van der Waals surface area contributed by atoms with E-state index >= 15 is 0 Å². The number of rotatable bonds is 7. The fourth-order valence-corrected chi connectivity index (χ4v) is 4.48. The van der Waals surface area contributed by atoms with Crippen molar-refractivity contribution in [3.8, 4) is 0 Å². The molecule has 1 N–H and O–H groups in total. The van der Waals surface area contributed by atoms with Gasteiger partial charge in [-0.2, -0.15) is 5.10 Å². The number of ether oxygens (including phenoxy) is 1. The molecule has 3 aromatic rings. The van der Waals surface area contributed by atoms with E-state index in [4.69, 9.17) is 4.74 Å². The molecule has 1 fully saturated rings. The van der Waals surface area contributed by atoms with Crippen LogP contribution < -0.4 is 10.9 Å². The molecule has 1 aromatic carbocycles. The van der Waals surface area contributed by atoms with E-state index in [2.05, 4.69) is 15.4 Å². The Morgan fingerprint density at radius 1 is 1.42 bits per heavy atom. The SMILES string of the molecule is CCn1nc(C)c2nc(SCC(=O)Nc3cccc(F)c3)n(CC3CCCO3)c(=O)c21. The minimum absolute atomic E-state index is 0.0287. The fourth-order valence-electron chi connectivity index (χ4n) is 3.67. The van der Waals surface area contributed by atoms with Crippen LogP contribution in [0.15, 0.2) is 34.2 Å². The van der Waals surface area contributed by atoms with Crippen molar-refractivity contribution in [2.45, 2.75) is 51.0 Å².